The minimum absolute atomic E-state index is 0.235. The van der Waals surface area contributed by atoms with Crippen LogP contribution in [0, 0.1) is 0 Å². The van der Waals surface area contributed by atoms with E-state index in [-0.39, 0.29) is 5.75 Å². The molecule has 0 unspecified atom stereocenters. The van der Waals surface area contributed by atoms with Crippen LogP contribution in [0.3, 0.4) is 0 Å². The monoisotopic (exact) mass is 413 g/mol. The zero-order valence-corrected chi connectivity index (χ0v) is 17.0. The smallest absolute Gasteiger partial charge is 0.225 e. The molecule has 31 heavy (non-hydrogen) atoms. The molecular weight excluding hydrogens is 390 g/mol. The van der Waals surface area contributed by atoms with Gasteiger partial charge in [-0.05, 0) is 42.5 Å². The van der Waals surface area contributed by atoms with E-state index in [1.165, 1.54) is 0 Å². The van der Waals surface area contributed by atoms with Crippen LogP contribution >= 0.6 is 0 Å². The van der Waals surface area contributed by atoms with Gasteiger partial charge in [-0.25, -0.2) is 19.9 Å². The molecule has 2 aromatic carbocycles. The van der Waals surface area contributed by atoms with Gasteiger partial charge in [0.2, 0.25) is 5.95 Å². The fourth-order valence-electron chi connectivity index (χ4n) is 3.73. The highest BCUT2D eigenvalue weighted by Gasteiger charge is 2.20. The first-order valence-corrected chi connectivity index (χ1v) is 10.3. The Kier molecular flexibility index (Phi) is 5.28. The number of para-hydroxylation sites is 1. The number of phenols is 1. The van der Waals surface area contributed by atoms with Crippen LogP contribution < -0.4 is 10.2 Å². The maximum absolute atomic E-state index is 9.54. The third-order valence-electron chi connectivity index (χ3n) is 5.35. The number of hydrogen-bond acceptors (Lipinski definition) is 8. The second-order valence-electron chi connectivity index (χ2n) is 7.49. The number of hydrogen-bond donors (Lipinski definition) is 2. The van der Waals surface area contributed by atoms with Crippen molar-refractivity contribution >= 4 is 28.4 Å². The second-order valence-corrected chi connectivity index (χ2v) is 7.49. The zero-order valence-electron chi connectivity index (χ0n) is 17.0. The highest BCUT2D eigenvalue weighted by Crippen LogP contribution is 2.25. The number of nitrogens with zero attached hydrogens (tertiary/aromatic N) is 6. The third-order valence-corrected chi connectivity index (χ3v) is 5.35. The lowest BCUT2D eigenvalue weighted by Crippen LogP contribution is -2.46. The zero-order chi connectivity index (χ0) is 21.0. The summed E-state index contributed by atoms with van der Waals surface area (Å²) in [6.45, 7) is 4.22. The summed E-state index contributed by atoms with van der Waals surface area (Å²) in [5.41, 5.74) is 1.77. The molecular formula is C23H23N7O. The van der Waals surface area contributed by atoms with Crippen LogP contribution in [0.1, 0.15) is 5.82 Å². The lowest BCUT2D eigenvalue weighted by atomic mass is 10.2. The average Bonchev–Trinajstić information content (AvgIpc) is 2.82. The molecule has 4 aromatic rings. The van der Waals surface area contributed by atoms with Gasteiger partial charge < -0.3 is 15.3 Å². The molecule has 2 N–H and O–H groups in total. The molecule has 156 valence electrons. The van der Waals surface area contributed by atoms with Gasteiger partial charge >= 0.3 is 0 Å². The van der Waals surface area contributed by atoms with Crippen LogP contribution in [-0.2, 0) is 6.54 Å². The molecule has 0 spiro atoms. The predicted molar refractivity (Wildman–Crippen MR) is 120 cm³/mol. The molecule has 0 atom stereocenters. The Labute approximate surface area is 180 Å². The van der Waals surface area contributed by atoms with Crippen molar-refractivity contribution in [2.24, 2.45) is 0 Å². The van der Waals surface area contributed by atoms with Gasteiger partial charge in [-0.15, -0.1) is 0 Å². The maximum atomic E-state index is 9.54. The summed E-state index contributed by atoms with van der Waals surface area (Å²) >= 11 is 0. The van der Waals surface area contributed by atoms with E-state index < -0.39 is 0 Å². The van der Waals surface area contributed by atoms with Crippen molar-refractivity contribution in [3.05, 3.63) is 72.8 Å². The van der Waals surface area contributed by atoms with E-state index in [0.29, 0.717) is 6.54 Å². The van der Waals surface area contributed by atoms with E-state index in [1.54, 1.807) is 24.5 Å². The van der Waals surface area contributed by atoms with Crippen LogP contribution in [0.15, 0.2) is 67.0 Å². The van der Waals surface area contributed by atoms with Gasteiger partial charge in [0.15, 0.2) is 0 Å². The Morgan fingerprint density at radius 3 is 2.35 bits per heavy atom. The summed E-state index contributed by atoms with van der Waals surface area (Å²) in [7, 11) is 0. The summed E-state index contributed by atoms with van der Waals surface area (Å²) in [6.07, 6.45) is 3.56. The molecule has 0 amide bonds. The summed E-state index contributed by atoms with van der Waals surface area (Å²) in [5.74, 6) is 2.57. The molecule has 1 saturated heterocycles. The fraction of sp³-hybridized carbons (Fsp3) is 0.217. The van der Waals surface area contributed by atoms with E-state index in [0.717, 1.165) is 60.4 Å². The van der Waals surface area contributed by atoms with Crippen LogP contribution in [0.2, 0.25) is 0 Å². The van der Waals surface area contributed by atoms with Gasteiger partial charge in [0, 0.05) is 49.6 Å². The van der Waals surface area contributed by atoms with Gasteiger partial charge in [0.1, 0.15) is 17.4 Å². The molecule has 1 aliphatic heterocycles. The number of aromatic hydroxyl groups is 1. The second kappa shape index (κ2) is 8.53. The summed E-state index contributed by atoms with van der Waals surface area (Å²) in [6, 6.07) is 16.8. The molecule has 5 rings (SSSR count). The number of piperazine rings is 1. The first-order chi connectivity index (χ1) is 15.2. The molecule has 3 heterocycles. The van der Waals surface area contributed by atoms with Gasteiger partial charge in [0.05, 0.1) is 12.1 Å². The third kappa shape index (κ3) is 4.39. The minimum Gasteiger partial charge on any atom is -0.508 e. The molecule has 1 fully saturated rings. The summed E-state index contributed by atoms with van der Waals surface area (Å²) in [5, 5.41) is 13.9. The van der Waals surface area contributed by atoms with Crippen molar-refractivity contribution in [2.45, 2.75) is 6.54 Å². The molecule has 0 saturated carbocycles. The molecule has 8 nitrogen and oxygen atoms in total. The molecule has 0 radical (unpaired) electrons. The van der Waals surface area contributed by atoms with Crippen molar-refractivity contribution < 1.29 is 5.11 Å². The highest BCUT2D eigenvalue weighted by molar-refractivity contribution is 5.90. The van der Waals surface area contributed by atoms with Crippen LogP contribution in [-0.4, -0.2) is 56.1 Å². The normalized spacial score (nSPS) is 14.6. The van der Waals surface area contributed by atoms with Crippen LogP contribution in [0.4, 0.5) is 17.5 Å². The number of benzene rings is 2. The van der Waals surface area contributed by atoms with Gasteiger partial charge in [-0.2, -0.15) is 0 Å². The van der Waals surface area contributed by atoms with E-state index in [9.17, 15) is 5.11 Å². The van der Waals surface area contributed by atoms with E-state index >= 15 is 0 Å². The van der Waals surface area contributed by atoms with Gasteiger partial charge in [-0.3, -0.25) is 4.90 Å². The Bertz CT molecular complexity index is 1160. The van der Waals surface area contributed by atoms with E-state index in [2.05, 4.69) is 25.1 Å². The van der Waals surface area contributed by atoms with Crippen molar-refractivity contribution in [2.75, 3.05) is 36.4 Å². The minimum atomic E-state index is 0.235. The highest BCUT2D eigenvalue weighted by atomic mass is 16.3. The van der Waals surface area contributed by atoms with Crippen molar-refractivity contribution in [3.63, 3.8) is 0 Å². The lowest BCUT2D eigenvalue weighted by molar-refractivity contribution is 0.243. The first-order valence-electron chi connectivity index (χ1n) is 10.3. The lowest BCUT2D eigenvalue weighted by Gasteiger charge is -2.34. The van der Waals surface area contributed by atoms with Crippen molar-refractivity contribution in [1.29, 1.82) is 0 Å². The van der Waals surface area contributed by atoms with Crippen molar-refractivity contribution in [1.82, 2.24) is 24.8 Å². The fourth-order valence-corrected chi connectivity index (χ4v) is 3.73. The predicted octanol–water partition coefficient (Wildman–Crippen LogP) is 3.19. The van der Waals surface area contributed by atoms with E-state index in [4.69, 9.17) is 9.97 Å². The van der Waals surface area contributed by atoms with Gasteiger partial charge in [-0.1, -0.05) is 12.1 Å². The molecule has 1 aliphatic rings. The molecule has 0 bridgehead atoms. The number of phenolic OH excluding ortho intramolecular Hbond substituents is 1. The average molecular weight is 413 g/mol. The number of aromatic nitrogens is 4. The Morgan fingerprint density at radius 2 is 1.58 bits per heavy atom. The SMILES string of the molecule is Oc1ccc(Nc2nc(CN3CCN(c4ncccn4)CC3)nc3ccccc23)cc1. The number of rotatable bonds is 5. The summed E-state index contributed by atoms with van der Waals surface area (Å²) < 4.78 is 0. The number of nitrogens with one attached hydrogen (secondary N) is 1. The quantitative estimate of drug-likeness (QED) is 0.482. The largest absolute Gasteiger partial charge is 0.508 e. The summed E-state index contributed by atoms with van der Waals surface area (Å²) in [4.78, 5) is 22.9. The molecule has 8 heteroatoms. The standard InChI is InChI=1S/C23H23N7O/c31-18-8-6-17(7-9-18)26-22-19-4-1-2-5-20(19)27-21(28-22)16-29-12-14-30(15-13-29)23-24-10-3-11-25-23/h1-11,31H,12-16H2,(H,26,27,28). The van der Waals surface area contributed by atoms with Gasteiger partial charge in [0.25, 0.3) is 0 Å². The number of anilines is 3. The Morgan fingerprint density at radius 1 is 0.839 bits per heavy atom. The topological polar surface area (TPSA) is 90.3 Å². The maximum Gasteiger partial charge on any atom is 0.225 e. The number of fused-ring (bicyclic) bond motifs is 1. The van der Waals surface area contributed by atoms with Crippen LogP contribution in [0.25, 0.3) is 10.9 Å². The Balaban J connectivity index is 1.34. The molecule has 2 aromatic heterocycles. The van der Waals surface area contributed by atoms with Crippen LogP contribution in [0.5, 0.6) is 5.75 Å². The molecule has 0 aliphatic carbocycles. The Hall–Kier alpha value is -3.78. The van der Waals surface area contributed by atoms with Crippen molar-refractivity contribution in [3.8, 4) is 5.75 Å². The first kappa shape index (κ1) is 19.2. The van der Waals surface area contributed by atoms with E-state index in [1.807, 2.05) is 42.5 Å².